The molecule has 0 radical (unpaired) electrons. The molecule has 1 unspecified atom stereocenters. The fourth-order valence-corrected chi connectivity index (χ4v) is 3.86. The van der Waals surface area contributed by atoms with Gasteiger partial charge in [-0.15, -0.1) is 23.7 Å². The Morgan fingerprint density at radius 3 is 2.96 bits per heavy atom. The lowest BCUT2D eigenvalue weighted by atomic mass is 9.96. The number of amides is 1. The Hall–Kier alpha value is -1.70. The maximum absolute atomic E-state index is 12.2. The number of rotatable bonds is 5. The van der Waals surface area contributed by atoms with Crippen LogP contribution in [0, 0.1) is 16.0 Å². The summed E-state index contributed by atoms with van der Waals surface area (Å²) in [6.45, 7) is 2.79. The van der Waals surface area contributed by atoms with Crippen LogP contribution in [0.15, 0.2) is 24.3 Å². The second-order valence-electron chi connectivity index (χ2n) is 5.85. The molecule has 2 aromatic rings. The molecule has 1 amide bonds. The standard InChI is InChI=1S/C16H19N3O3S.ClH/c20-16(18-7-5-11-2-1-6-17-10-11)15-9-12-8-13(19(21)22)3-4-14(12)23-15;/h3-4,8-9,11,17H,1-2,5-7,10H2,(H,18,20);1H. The van der Waals surface area contributed by atoms with Crippen molar-refractivity contribution in [3.8, 4) is 0 Å². The summed E-state index contributed by atoms with van der Waals surface area (Å²) in [5.74, 6) is 0.534. The van der Waals surface area contributed by atoms with Crippen LogP contribution in [-0.2, 0) is 0 Å². The van der Waals surface area contributed by atoms with Gasteiger partial charge in [0.1, 0.15) is 0 Å². The van der Waals surface area contributed by atoms with Crippen molar-refractivity contribution in [1.29, 1.82) is 0 Å². The lowest BCUT2D eigenvalue weighted by molar-refractivity contribution is -0.384. The maximum atomic E-state index is 12.2. The number of nitrogens with one attached hydrogen (secondary N) is 2. The highest BCUT2D eigenvalue weighted by Crippen LogP contribution is 2.28. The molecule has 1 aromatic heterocycles. The number of hydrogen-bond acceptors (Lipinski definition) is 5. The van der Waals surface area contributed by atoms with Gasteiger partial charge in [0, 0.05) is 28.8 Å². The monoisotopic (exact) mass is 369 g/mol. The molecule has 1 saturated heterocycles. The summed E-state index contributed by atoms with van der Waals surface area (Å²) in [4.78, 5) is 23.2. The molecule has 1 aliphatic rings. The summed E-state index contributed by atoms with van der Waals surface area (Å²) in [5.41, 5.74) is 0.0482. The summed E-state index contributed by atoms with van der Waals surface area (Å²) in [5, 5.41) is 17.9. The Bertz CT molecular complexity index is 728. The number of hydrogen-bond donors (Lipinski definition) is 2. The number of piperidine rings is 1. The zero-order chi connectivity index (χ0) is 16.2. The van der Waals surface area contributed by atoms with Crippen LogP contribution in [0.1, 0.15) is 28.9 Å². The number of halogens is 1. The summed E-state index contributed by atoms with van der Waals surface area (Å²) in [6, 6.07) is 6.40. The van der Waals surface area contributed by atoms with Crippen LogP contribution >= 0.6 is 23.7 Å². The molecule has 0 spiro atoms. The van der Waals surface area contributed by atoms with E-state index in [-0.39, 0.29) is 24.0 Å². The van der Waals surface area contributed by atoms with Crippen molar-refractivity contribution in [2.45, 2.75) is 19.3 Å². The van der Waals surface area contributed by atoms with Gasteiger partial charge in [-0.3, -0.25) is 14.9 Å². The fourth-order valence-electron chi connectivity index (χ4n) is 2.90. The molecule has 3 rings (SSSR count). The van der Waals surface area contributed by atoms with Gasteiger partial charge in [0.25, 0.3) is 11.6 Å². The van der Waals surface area contributed by atoms with E-state index < -0.39 is 4.92 Å². The molecule has 24 heavy (non-hydrogen) atoms. The predicted octanol–water partition coefficient (Wildman–Crippen LogP) is 3.35. The van der Waals surface area contributed by atoms with Crippen molar-refractivity contribution in [2.75, 3.05) is 19.6 Å². The van der Waals surface area contributed by atoms with Crippen LogP contribution in [0.3, 0.4) is 0 Å². The van der Waals surface area contributed by atoms with E-state index in [4.69, 9.17) is 0 Å². The fraction of sp³-hybridized carbons (Fsp3) is 0.438. The number of non-ortho nitro benzene ring substituents is 1. The van der Waals surface area contributed by atoms with Gasteiger partial charge in [-0.1, -0.05) is 0 Å². The quantitative estimate of drug-likeness (QED) is 0.625. The van der Waals surface area contributed by atoms with Crippen LogP contribution in [0.5, 0.6) is 0 Å². The third-order valence-electron chi connectivity index (χ3n) is 4.17. The molecule has 1 fully saturated rings. The smallest absolute Gasteiger partial charge is 0.270 e. The van der Waals surface area contributed by atoms with Gasteiger partial charge in [0.05, 0.1) is 9.80 Å². The highest BCUT2D eigenvalue weighted by molar-refractivity contribution is 7.20. The number of nitrogens with zero attached hydrogens (tertiary/aromatic N) is 1. The molecule has 1 atom stereocenters. The van der Waals surface area contributed by atoms with Gasteiger partial charge in [0.15, 0.2) is 0 Å². The van der Waals surface area contributed by atoms with E-state index >= 15 is 0 Å². The molecular weight excluding hydrogens is 350 g/mol. The van der Waals surface area contributed by atoms with E-state index in [1.54, 1.807) is 12.1 Å². The van der Waals surface area contributed by atoms with E-state index in [1.807, 2.05) is 0 Å². The Kier molecular flexibility index (Phi) is 6.53. The number of thiophene rings is 1. The lowest BCUT2D eigenvalue weighted by Crippen LogP contribution is -2.33. The number of fused-ring (bicyclic) bond motifs is 1. The van der Waals surface area contributed by atoms with Gasteiger partial charge in [-0.25, -0.2) is 0 Å². The largest absolute Gasteiger partial charge is 0.351 e. The molecule has 6 nitrogen and oxygen atoms in total. The molecular formula is C16H20ClN3O3S. The predicted molar refractivity (Wildman–Crippen MR) is 98.3 cm³/mol. The van der Waals surface area contributed by atoms with Crippen molar-refractivity contribution < 1.29 is 9.72 Å². The molecule has 130 valence electrons. The zero-order valence-electron chi connectivity index (χ0n) is 13.1. The Morgan fingerprint density at radius 2 is 2.25 bits per heavy atom. The number of nitro benzene ring substituents is 1. The van der Waals surface area contributed by atoms with Crippen LogP contribution in [-0.4, -0.2) is 30.5 Å². The Morgan fingerprint density at radius 1 is 1.42 bits per heavy atom. The number of carbonyl (C=O) groups is 1. The Balaban J connectivity index is 0.00000208. The SMILES string of the molecule is Cl.O=C(NCCC1CCCNC1)c1cc2cc([N+](=O)[O-])ccc2s1. The van der Waals surface area contributed by atoms with Gasteiger partial charge in [-0.05, 0) is 50.4 Å². The second kappa shape index (κ2) is 8.41. The van der Waals surface area contributed by atoms with Crippen LogP contribution in [0.2, 0.25) is 0 Å². The van der Waals surface area contributed by atoms with Gasteiger partial charge < -0.3 is 10.6 Å². The minimum atomic E-state index is -0.422. The first-order valence-corrected chi connectivity index (χ1v) is 8.62. The van der Waals surface area contributed by atoms with Crippen molar-refractivity contribution >= 4 is 45.4 Å². The highest BCUT2D eigenvalue weighted by atomic mass is 35.5. The molecule has 1 aromatic carbocycles. The van der Waals surface area contributed by atoms with E-state index in [1.165, 1.54) is 36.3 Å². The molecule has 8 heteroatoms. The molecule has 0 bridgehead atoms. The molecule has 2 heterocycles. The molecule has 0 saturated carbocycles. The first-order valence-electron chi connectivity index (χ1n) is 7.80. The first-order chi connectivity index (χ1) is 11.1. The first kappa shape index (κ1) is 18.6. The normalized spacial score (nSPS) is 17.2. The maximum Gasteiger partial charge on any atom is 0.270 e. The van der Waals surface area contributed by atoms with E-state index in [2.05, 4.69) is 10.6 Å². The van der Waals surface area contributed by atoms with Crippen LogP contribution < -0.4 is 10.6 Å². The van der Waals surface area contributed by atoms with E-state index in [9.17, 15) is 14.9 Å². The third-order valence-corrected chi connectivity index (χ3v) is 5.29. The third kappa shape index (κ3) is 4.43. The van der Waals surface area contributed by atoms with Crippen molar-refractivity contribution in [2.24, 2.45) is 5.92 Å². The lowest BCUT2D eigenvalue weighted by Gasteiger charge is -2.22. The Labute approximate surface area is 150 Å². The van der Waals surface area contributed by atoms with Crippen LogP contribution in [0.4, 0.5) is 5.69 Å². The average Bonchev–Trinajstić information content (AvgIpc) is 2.99. The highest BCUT2D eigenvalue weighted by Gasteiger charge is 2.15. The number of benzene rings is 1. The molecule has 1 aliphatic heterocycles. The average molecular weight is 370 g/mol. The van der Waals surface area contributed by atoms with Crippen molar-refractivity contribution in [3.63, 3.8) is 0 Å². The number of carbonyl (C=O) groups excluding carboxylic acids is 1. The summed E-state index contributed by atoms with van der Waals surface area (Å²) >= 11 is 1.36. The summed E-state index contributed by atoms with van der Waals surface area (Å²) in [6.07, 6.45) is 3.40. The second-order valence-corrected chi connectivity index (χ2v) is 6.93. The number of nitro groups is 1. The minimum Gasteiger partial charge on any atom is -0.351 e. The van der Waals surface area contributed by atoms with E-state index in [0.29, 0.717) is 17.3 Å². The van der Waals surface area contributed by atoms with Gasteiger partial charge in [-0.2, -0.15) is 0 Å². The van der Waals surface area contributed by atoms with Crippen molar-refractivity contribution in [1.82, 2.24) is 10.6 Å². The molecule has 2 N–H and O–H groups in total. The summed E-state index contributed by atoms with van der Waals surface area (Å²) in [7, 11) is 0. The zero-order valence-corrected chi connectivity index (χ0v) is 14.8. The summed E-state index contributed by atoms with van der Waals surface area (Å²) < 4.78 is 0.886. The van der Waals surface area contributed by atoms with Gasteiger partial charge in [0.2, 0.25) is 0 Å². The molecule has 0 aliphatic carbocycles. The topological polar surface area (TPSA) is 84.3 Å². The van der Waals surface area contributed by atoms with Crippen LogP contribution in [0.25, 0.3) is 10.1 Å². The van der Waals surface area contributed by atoms with E-state index in [0.717, 1.165) is 29.6 Å². The van der Waals surface area contributed by atoms with Gasteiger partial charge >= 0.3 is 0 Å². The minimum absolute atomic E-state index is 0. The van der Waals surface area contributed by atoms with Crippen molar-refractivity contribution in [3.05, 3.63) is 39.3 Å².